The van der Waals surface area contributed by atoms with Crippen molar-refractivity contribution < 1.29 is 4.79 Å². The molecule has 0 heterocycles. The minimum atomic E-state index is -0.443. The van der Waals surface area contributed by atoms with Crippen molar-refractivity contribution in [2.45, 2.75) is 0 Å². The first-order valence-electron chi connectivity index (χ1n) is 5.58. The van der Waals surface area contributed by atoms with Gasteiger partial charge in [-0.3, -0.25) is 4.79 Å². The number of nitriles is 1. The number of amides is 1. The van der Waals surface area contributed by atoms with E-state index in [4.69, 9.17) is 51.7 Å². The molecule has 0 aromatic heterocycles. The van der Waals surface area contributed by atoms with Crippen LogP contribution in [-0.4, -0.2) is 5.91 Å². The molecule has 0 aliphatic heterocycles. The summed E-state index contributed by atoms with van der Waals surface area (Å²) >= 11 is 23.7. The number of benzene rings is 2. The highest BCUT2D eigenvalue weighted by atomic mass is 35.5. The normalized spacial score (nSPS) is 10.0. The van der Waals surface area contributed by atoms with Gasteiger partial charge in [-0.25, -0.2) is 0 Å². The van der Waals surface area contributed by atoms with Crippen LogP contribution in [0.1, 0.15) is 15.9 Å². The molecule has 21 heavy (non-hydrogen) atoms. The van der Waals surface area contributed by atoms with Gasteiger partial charge in [0.25, 0.3) is 5.91 Å². The van der Waals surface area contributed by atoms with Crippen molar-refractivity contribution >= 4 is 58.0 Å². The number of hydrogen-bond acceptors (Lipinski definition) is 2. The third-order valence-electron chi connectivity index (χ3n) is 2.59. The van der Waals surface area contributed by atoms with E-state index in [9.17, 15) is 4.79 Å². The molecule has 2 rings (SSSR count). The van der Waals surface area contributed by atoms with Crippen LogP contribution < -0.4 is 5.32 Å². The number of anilines is 1. The van der Waals surface area contributed by atoms with Crippen LogP contribution >= 0.6 is 46.4 Å². The topological polar surface area (TPSA) is 52.9 Å². The van der Waals surface area contributed by atoms with Crippen LogP contribution in [0.15, 0.2) is 30.3 Å². The Labute approximate surface area is 141 Å². The molecule has 3 nitrogen and oxygen atoms in total. The van der Waals surface area contributed by atoms with Gasteiger partial charge >= 0.3 is 0 Å². The Hall–Kier alpha value is -1.44. The van der Waals surface area contributed by atoms with Crippen LogP contribution in [0.4, 0.5) is 5.69 Å². The molecule has 1 N–H and O–H groups in total. The lowest BCUT2D eigenvalue weighted by Gasteiger charge is -2.10. The number of hydrogen-bond donors (Lipinski definition) is 1. The van der Waals surface area contributed by atoms with E-state index in [0.29, 0.717) is 16.1 Å². The molecule has 0 saturated heterocycles. The van der Waals surface area contributed by atoms with Crippen LogP contribution in [0, 0.1) is 11.3 Å². The highest BCUT2D eigenvalue weighted by molar-refractivity contribution is 6.42. The van der Waals surface area contributed by atoms with Crippen LogP contribution in [0.5, 0.6) is 0 Å². The average molecular weight is 360 g/mol. The summed E-state index contributed by atoms with van der Waals surface area (Å²) in [5.74, 6) is -0.443. The molecule has 0 atom stereocenters. The summed E-state index contributed by atoms with van der Waals surface area (Å²) in [6.07, 6.45) is 0. The van der Waals surface area contributed by atoms with Gasteiger partial charge in [-0.05, 0) is 30.3 Å². The van der Waals surface area contributed by atoms with Crippen molar-refractivity contribution in [3.63, 3.8) is 0 Å². The number of nitrogens with zero attached hydrogens (tertiary/aromatic N) is 1. The van der Waals surface area contributed by atoms with Crippen LogP contribution in [0.3, 0.4) is 0 Å². The second-order valence-corrected chi connectivity index (χ2v) is 5.64. The van der Waals surface area contributed by atoms with Gasteiger partial charge < -0.3 is 5.32 Å². The summed E-state index contributed by atoms with van der Waals surface area (Å²) in [6.45, 7) is 0. The van der Waals surface area contributed by atoms with Gasteiger partial charge in [0.15, 0.2) is 0 Å². The smallest absolute Gasteiger partial charge is 0.255 e. The van der Waals surface area contributed by atoms with E-state index >= 15 is 0 Å². The van der Waals surface area contributed by atoms with Gasteiger partial charge in [-0.2, -0.15) is 5.26 Å². The minimum Gasteiger partial charge on any atom is -0.319 e. The Kier molecular flexibility index (Phi) is 4.97. The molecule has 7 heteroatoms. The Balaban J connectivity index is 2.32. The standard InChI is InChI=1S/C14H6Cl4N2O/c15-9-2-1-8(5-10(9)16)14(21)20-13-11(17)3-7(6-19)4-12(13)18/h1-5H,(H,20,21). The molecule has 0 fully saturated rings. The molecule has 0 bridgehead atoms. The van der Waals surface area contributed by atoms with Gasteiger partial charge in [0.05, 0.1) is 37.4 Å². The number of halogens is 4. The van der Waals surface area contributed by atoms with Crippen molar-refractivity contribution in [2.75, 3.05) is 5.32 Å². The van der Waals surface area contributed by atoms with Gasteiger partial charge in [-0.15, -0.1) is 0 Å². The lowest BCUT2D eigenvalue weighted by atomic mass is 10.2. The van der Waals surface area contributed by atoms with Crippen LogP contribution in [-0.2, 0) is 0 Å². The first-order chi connectivity index (χ1) is 9.92. The quantitative estimate of drug-likeness (QED) is 0.777. The SMILES string of the molecule is N#Cc1cc(Cl)c(NC(=O)c2ccc(Cl)c(Cl)c2)c(Cl)c1. The Morgan fingerprint density at radius 3 is 2.10 bits per heavy atom. The van der Waals surface area contributed by atoms with Gasteiger partial charge in [0.1, 0.15) is 0 Å². The molecular formula is C14H6Cl4N2O. The second kappa shape index (κ2) is 6.55. The van der Waals surface area contributed by atoms with Crippen molar-refractivity contribution in [2.24, 2.45) is 0 Å². The summed E-state index contributed by atoms with van der Waals surface area (Å²) in [6, 6.07) is 9.22. The van der Waals surface area contributed by atoms with Gasteiger partial charge in [0.2, 0.25) is 0 Å². The van der Waals surface area contributed by atoms with Crippen molar-refractivity contribution in [1.29, 1.82) is 5.26 Å². The van der Waals surface area contributed by atoms with Crippen molar-refractivity contribution in [1.82, 2.24) is 0 Å². The summed E-state index contributed by atoms with van der Waals surface area (Å²) in [7, 11) is 0. The van der Waals surface area contributed by atoms with E-state index in [-0.39, 0.29) is 20.8 Å². The zero-order valence-corrected chi connectivity index (χ0v) is 13.3. The Morgan fingerprint density at radius 1 is 0.952 bits per heavy atom. The predicted octanol–water partition coefficient (Wildman–Crippen LogP) is 5.42. The molecule has 0 spiro atoms. The van der Waals surface area contributed by atoms with E-state index in [1.54, 1.807) is 0 Å². The fourth-order valence-electron chi connectivity index (χ4n) is 1.58. The number of nitrogens with one attached hydrogen (secondary N) is 1. The molecule has 106 valence electrons. The zero-order chi connectivity index (χ0) is 15.6. The zero-order valence-electron chi connectivity index (χ0n) is 10.3. The maximum atomic E-state index is 12.1. The van der Waals surface area contributed by atoms with Gasteiger partial charge in [-0.1, -0.05) is 46.4 Å². The molecule has 0 aliphatic carbocycles. The van der Waals surface area contributed by atoms with E-state index < -0.39 is 5.91 Å². The highest BCUT2D eigenvalue weighted by Gasteiger charge is 2.14. The van der Waals surface area contributed by atoms with Crippen molar-refractivity contribution in [3.8, 4) is 6.07 Å². The fraction of sp³-hybridized carbons (Fsp3) is 0. The molecule has 0 saturated carbocycles. The largest absolute Gasteiger partial charge is 0.319 e. The summed E-state index contributed by atoms with van der Waals surface area (Å²) in [4.78, 5) is 12.1. The Morgan fingerprint density at radius 2 is 1.57 bits per heavy atom. The number of carbonyl (C=O) groups is 1. The van der Waals surface area contributed by atoms with Gasteiger partial charge in [0, 0.05) is 5.56 Å². The average Bonchev–Trinajstić information content (AvgIpc) is 2.45. The third-order valence-corrected chi connectivity index (χ3v) is 3.93. The Bertz CT molecular complexity index is 745. The minimum absolute atomic E-state index is 0.174. The lowest BCUT2D eigenvalue weighted by molar-refractivity contribution is 0.102. The molecular weight excluding hydrogens is 354 g/mol. The molecule has 0 radical (unpaired) electrons. The molecule has 0 aliphatic rings. The third kappa shape index (κ3) is 3.61. The predicted molar refractivity (Wildman–Crippen MR) is 85.6 cm³/mol. The highest BCUT2D eigenvalue weighted by Crippen LogP contribution is 2.32. The summed E-state index contributed by atoms with van der Waals surface area (Å²) in [5, 5.41) is 12.4. The molecule has 2 aromatic rings. The fourth-order valence-corrected chi connectivity index (χ4v) is 2.46. The van der Waals surface area contributed by atoms with E-state index in [2.05, 4.69) is 5.32 Å². The second-order valence-electron chi connectivity index (χ2n) is 4.01. The first kappa shape index (κ1) is 15.9. The summed E-state index contributed by atoms with van der Waals surface area (Å²) in [5.41, 5.74) is 0.840. The molecule has 0 unspecified atom stereocenters. The maximum Gasteiger partial charge on any atom is 0.255 e. The van der Waals surface area contributed by atoms with E-state index in [0.717, 1.165) is 0 Å². The first-order valence-corrected chi connectivity index (χ1v) is 7.09. The van der Waals surface area contributed by atoms with Crippen molar-refractivity contribution in [3.05, 3.63) is 61.5 Å². The van der Waals surface area contributed by atoms with Crippen LogP contribution in [0.2, 0.25) is 20.1 Å². The molecule has 2 aromatic carbocycles. The van der Waals surface area contributed by atoms with E-state index in [1.807, 2.05) is 6.07 Å². The molecule has 1 amide bonds. The summed E-state index contributed by atoms with van der Waals surface area (Å²) < 4.78 is 0. The number of carbonyl (C=O) groups excluding carboxylic acids is 1. The van der Waals surface area contributed by atoms with E-state index in [1.165, 1.54) is 30.3 Å². The monoisotopic (exact) mass is 358 g/mol. The lowest BCUT2D eigenvalue weighted by Crippen LogP contribution is -2.12. The van der Waals surface area contributed by atoms with Crippen LogP contribution in [0.25, 0.3) is 0 Å². The maximum absolute atomic E-state index is 12.1. The number of rotatable bonds is 2.